The van der Waals surface area contributed by atoms with Gasteiger partial charge in [0.25, 0.3) is 5.91 Å². The second-order valence-corrected chi connectivity index (χ2v) is 9.09. The molecule has 0 saturated carbocycles. The normalized spacial score (nSPS) is 11.7. The maximum atomic E-state index is 14.6. The van der Waals surface area contributed by atoms with Crippen molar-refractivity contribution in [1.29, 1.82) is 0 Å². The summed E-state index contributed by atoms with van der Waals surface area (Å²) in [6.07, 6.45) is 0.746. The third kappa shape index (κ3) is 4.19. The third-order valence-electron chi connectivity index (χ3n) is 4.58. The summed E-state index contributed by atoms with van der Waals surface area (Å²) in [7, 11) is -3.92. The molecule has 1 aromatic heterocycles. The second kappa shape index (κ2) is 7.95. The van der Waals surface area contributed by atoms with Crippen LogP contribution in [0.15, 0.2) is 54.6 Å². The zero-order valence-electron chi connectivity index (χ0n) is 16.2. The molecule has 0 radical (unpaired) electrons. The van der Waals surface area contributed by atoms with E-state index in [4.69, 9.17) is 11.6 Å². The maximum absolute atomic E-state index is 14.6. The molecule has 0 bridgehead atoms. The maximum Gasteiger partial charge on any atom is 0.267 e. The molecule has 0 unspecified atom stereocenters. The number of aromatic nitrogens is 2. The zero-order valence-corrected chi connectivity index (χ0v) is 17.8. The molecule has 11 heteroatoms. The van der Waals surface area contributed by atoms with Gasteiger partial charge in [0, 0.05) is 6.07 Å². The largest absolute Gasteiger partial charge is 0.268 e. The van der Waals surface area contributed by atoms with Gasteiger partial charge < -0.3 is 0 Å². The monoisotopic (exact) mass is 479 g/mol. The first kappa shape index (κ1) is 21.8. The molecular weight excluding hydrogens is 467 g/mol. The summed E-state index contributed by atoms with van der Waals surface area (Å²) in [5.41, 5.74) is 0.657. The first-order valence-corrected chi connectivity index (χ1v) is 11.3. The molecule has 0 saturated heterocycles. The van der Waals surface area contributed by atoms with Crippen LogP contribution in [0.2, 0.25) is 5.02 Å². The van der Waals surface area contributed by atoms with Gasteiger partial charge in [-0.15, -0.1) is 5.10 Å². The lowest BCUT2D eigenvalue weighted by atomic mass is 10.0. The van der Waals surface area contributed by atoms with Gasteiger partial charge in [-0.05, 0) is 41.5 Å². The topological polar surface area (TPSA) is 81.1 Å². The van der Waals surface area contributed by atoms with Crippen LogP contribution in [0.3, 0.4) is 0 Å². The Hall–Kier alpha value is -3.37. The quantitative estimate of drug-likeness (QED) is 0.469. The van der Waals surface area contributed by atoms with E-state index < -0.39 is 39.1 Å². The van der Waals surface area contributed by atoms with Gasteiger partial charge in [0.1, 0.15) is 11.6 Å². The molecule has 164 valence electrons. The van der Waals surface area contributed by atoms with Crippen LogP contribution >= 0.6 is 11.6 Å². The van der Waals surface area contributed by atoms with Crippen LogP contribution in [0.5, 0.6) is 0 Å². The molecule has 3 aromatic carbocycles. The van der Waals surface area contributed by atoms with Crippen molar-refractivity contribution in [2.24, 2.45) is 0 Å². The molecule has 4 aromatic rings. The Morgan fingerprint density at radius 1 is 1.03 bits per heavy atom. The number of nitrogens with zero attached hydrogens (tertiary/aromatic N) is 2. The van der Waals surface area contributed by atoms with E-state index in [1.807, 2.05) is 0 Å². The van der Waals surface area contributed by atoms with Crippen molar-refractivity contribution in [2.45, 2.75) is 0 Å². The van der Waals surface area contributed by atoms with Gasteiger partial charge in [-0.3, -0.25) is 4.79 Å². The average molecular weight is 480 g/mol. The number of sulfonamides is 1. The highest BCUT2D eigenvalue weighted by Gasteiger charge is 2.21. The molecule has 6 nitrogen and oxygen atoms in total. The number of halogens is 4. The van der Waals surface area contributed by atoms with Crippen molar-refractivity contribution >= 4 is 38.4 Å². The highest BCUT2D eigenvalue weighted by molar-refractivity contribution is 7.89. The molecule has 1 amide bonds. The molecule has 1 heterocycles. The minimum atomic E-state index is -3.92. The van der Waals surface area contributed by atoms with Crippen LogP contribution in [0.4, 0.5) is 13.2 Å². The fraction of sp³-hybridized carbons (Fsp3) is 0.0476. The van der Waals surface area contributed by atoms with Gasteiger partial charge in [-0.25, -0.2) is 26.6 Å². The van der Waals surface area contributed by atoms with Crippen molar-refractivity contribution in [3.05, 3.63) is 82.8 Å². The smallest absolute Gasteiger partial charge is 0.267 e. The fourth-order valence-electron chi connectivity index (χ4n) is 3.21. The van der Waals surface area contributed by atoms with Crippen LogP contribution in [-0.2, 0) is 10.0 Å². The number of benzene rings is 3. The number of carbonyl (C=O) groups is 1. The fourth-order valence-corrected chi connectivity index (χ4v) is 3.90. The second-order valence-electron chi connectivity index (χ2n) is 6.93. The van der Waals surface area contributed by atoms with Crippen molar-refractivity contribution in [3.63, 3.8) is 0 Å². The Kier molecular flexibility index (Phi) is 5.43. The van der Waals surface area contributed by atoms with Crippen LogP contribution in [-0.4, -0.2) is 30.4 Å². The lowest BCUT2D eigenvalue weighted by molar-refractivity contribution is 0.0978. The van der Waals surface area contributed by atoms with E-state index in [0.717, 1.165) is 23.1 Å². The van der Waals surface area contributed by atoms with Gasteiger partial charge in [-0.1, -0.05) is 29.8 Å². The highest BCUT2D eigenvalue weighted by atomic mass is 35.5. The average Bonchev–Trinajstić information content (AvgIpc) is 3.04. The van der Waals surface area contributed by atoms with Crippen molar-refractivity contribution in [2.75, 3.05) is 6.26 Å². The first-order chi connectivity index (χ1) is 15.0. The summed E-state index contributed by atoms with van der Waals surface area (Å²) in [5.74, 6) is -3.59. The summed E-state index contributed by atoms with van der Waals surface area (Å²) in [4.78, 5) is 12.0. The van der Waals surface area contributed by atoms with Crippen LogP contribution < -0.4 is 4.72 Å². The molecule has 0 aliphatic rings. The number of rotatable bonds is 4. The molecule has 0 fully saturated rings. The number of hydrogen-bond donors (Lipinski definition) is 1. The summed E-state index contributed by atoms with van der Waals surface area (Å²) in [5, 5.41) is 3.70. The summed E-state index contributed by atoms with van der Waals surface area (Å²) >= 11 is 6.18. The van der Waals surface area contributed by atoms with Crippen molar-refractivity contribution in [1.82, 2.24) is 14.5 Å². The Morgan fingerprint density at radius 3 is 2.44 bits per heavy atom. The van der Waals surface area contributed by atoms with Gasteiger partial charge in [-0.2, -0.15) is 4.39 Å². The number of amides is 1. The first-order valence-electron chi connectivity index (χ1n) is 8.99. The standard InChI is InChI=1S/C21H13ClF3N3O3S/c1-32(30,31)27-21(29)14-9-16(22)19(10-17(14)24)28-18-6-5-12(8-15(18)20(25)26-28)11-3-2-4-13(23)7-11/h2-10H,1H3,(H,27,29). The lowest BCUT2D eigenvalue weighted by Gasteiger charge is -2.10. The van der Waals surface area contributed by atoms with E-state index in [9.17, 15) is 26.4 Å². The van der Waals surface area contributed by atoms with E-state index in [-0.39, 0.29) is 21.6 Å². The molecule has 1 N–H and O–H groups in total. The Bertz CT molecular complexity index is 1500. The number of nitrogens with one attached hydrogen (secondary N) is 1. The Balaban J connectivity index is 1.80. The number of fused-ring (bicyclic) bond motifs is 1. The van der Waals surface area contributed by atoms with Gasteiger partial charge >= 0.3 is 0 Å². The predicted octanol–water partition coefficient (Wildman–Crippen LogP) is 4.45. The zero-order chi connectivity index (χ0) is 23.2. The van der Waals surface area contributed by atoms with E-state index in [2.05, 4.69) is 5.10 Å². The van der Waals surface area contributed by atoms with E-state index in [1.165, 1.54) is 30.3 Å². The van der Waals surface area contributed by atoms with E-state index >= 15 is 0 Å². The summed E-state index contributed by atoms with van der Waals surface area (Å²) in [6, 6.07) is 12.2. The third-order valence-corrected chi connectivity index (χ3v) is 5.44. The SMILES string of the molecule is CS(=O)(=O)NC(=O)c1cc(Cl)c(-n2nc(F)c3cc(-c4cccc(F)c4)ccc32)cc1F. The Labute approximate surface area is 185 Å². The summed E-state index contributed by atoms with van der Waals surface area (Å²) in [6.45, 7) is 0. The van der Waals surface area contributed by atoms with Crippen molar-refractivity contribution in [3.8, 4) is 16.8 Å². The number of carbonyl (C=O) groups excluding carboxylic acids is 1. The van der Waals surface area contributed by atoms with Crippen LogP contribution in [0.25, 0.3) is 27.7 Å². The molecule has 0 aliphatic carbocycles. The highest BCUT2D eigenvalue weighted by Crippen LogP contribution is 2.31. The molecule has 0 spiro atoms. The summed E-state index contributed by atoms with van der Waals surface area (Å²) < 4.78 is 67.9. The predicted molar refractivity (Wildman–Crippen MR) is 114 cm³/mol. The molecule has 0 atom stereocenters. The minimum Gasteiger partial charge on any atom is -0.268 e. The van der Waals surface area contributed by atoms with Crippen molar-refractivity contribution < 1.29 is 26.4 Å². The van der Waals surface area contributed by atoms with Gasteiger partial charge in [0.05, 0.1) is 33.4 Å². The molecular formula is C21H13ClF3N3O3S. The lowest BCUT2D eigenvalue weighted by Crippen LogP contribution is -2.30. The molecule has 4 rings (SSSR count). The van der Waals surface area contributed by atoms with E-state index in [1.54, 1.807) is 16.9 Å². The number of hydrogen-bond acceptors (Lipinski definition) is 4. The minimum absolute atomic E-state index is 0.0625. The van der Waals surface area contributed by atoms with Gasteiger partial charge in [0.15, 0.2) is 0 Å². The molecule has 32 heavy (non-hydrogen) atoms. The molecule has 0 aliphatic heterocycles. The van der Waals surface area contributed by atoms with Crippen LogP contribution in [0, 0.1) is 17.6 Å². The van der Waals surface area contributed by atoms with Crippen LogP contribution in [0.1, 0.15) is 10.4 Å². The van der Waals surface area contributed by atoms with E-state index in [0.29, 0.717) is 11.1 Å². The van der Waals surface area contributed by atoms with Gasteiger partial charge in [0.2, 0.25) is 16.0 Å². The Morgan fingerprint density at radius 2 is 1.75 bits per heavy atom.